The molecule has 1 unspecified atom stereocenters. The van der Waals surface area contributed by atoms with Crippen LogP contribution in [0.4, 0.5) is 0 Å². The third-order valence-corrected chi connectivity index (χ3v) is 5.05. The summed E-state index contributed by atoms with van der Waals surface area (Å²) < 4.78 is 29.8. The van der Waals surface area contributed by atoms with Crippen molar-refractivity contribution in [3.05, 3.63) is 54.4 Å². The van der Waals surface area contributed by atoms with Gasteiger partial charge < -0.3 is 14.6 Å². The summed E-state index contributed by atoms with van der Waals surface area (Å²) in [6, 6.07) is 12.0. The monoisotopic (exact) mass is 373 g/mol. The summed E-state index contributed by atoms with van der Waals surface area (Å²) in [6.07, 6.45) is 2.93. The van der Waals surface area contributed by atoms with E-state index < -0.39 is 10.2 Å². The van der Waals surface area contributed by atoms with Crippen LogP contribution in [0.3, 0.4) is 0 Å². The smallest absolute Gasteiger partial charge is 0.271 e. The molecule has 8 heteroatoms. The first kappa shape index (κ1) is 18.2. The van der Waals surface area contributed by atoms with Gasteiger partial charge in [0.15, 0.2) is 4.90 Å². The zero-order chi connectivity index (χ0) is 18.7. The van der Waals surface area contributed by atoms with Crippen molar-refractivity contribution in [1.29, 1.82) is 0 Å². The van der Waals surface area contributed by atoms with Crippen LogP contribution in [0.25, 0.3) is 16.6 Å². The third-order valence-electron chi connectivity index (χ3n) is 3.92. The highest BCUT2D eigenvalue weighted by Gasteiger charge is 2.15. The van der Waals surface area contributed by atoms with Crippen molar-refractivity contribution >= 4 is 21.6 Å². The first-order valence-electron chi connectivity index (χ1n) is 7.96. The molecule has 2 aromatic heterocycles. The minimum absolute atomic E-state index is 0.249. The summed E-state index contributed by atoms with van der Waals surface area (Å²) in [4.78, 5) is 12.6. The number of ether oxygens (including phenoxy) is 1. The van der Waals surface area contributed by atoms with Crippen LogP contribution in [0.1, 0.15) is 10.5 Å². The van der Waals surface area contributed by atoms with Crippen LogP contribution in [0.15, 0.2) is 53.6 Å². The molecule has 0 radical (unpaired) electrons. The number of rotatable bonds is 6. The predicted molar refractivity (Wildman–Crippen MR) is 97.9 cm³/mol. The van der Waals surface area contributed by atoms with Gasteiger partial charge in [-0.1, -0.05) is 0 Å². The molecule has 0 spiro atoms. The summed E-state index contributed by atoms with van der Waals surface area (Å²) in [5.41, 5.74) is 2.69. The van der Waals surface area contributed by atoms with Crippen LogP contribution in [0.5, 0.6) is 0 Å². The van der Waals surface area contributed by atoms with Gasteiger partial charge in [0.2, 0.25) is 0 Å². The first-order chi connectivity index (χ1) is 12.4. The normalized spacial score (nSPS) is 13.5. The van der Waals surface area contributed by atoms with E-state index in [1.165, 1.54) is 6.26 Å². The molecule has 1 amide bonds. The Bertz CT molecular complexity index is 976. The van der Waals surface area contributed by atoms with E-state index in [1.54, 1.807) is 48.2 Å². The molecule has 3 aromatic rings. The average molecular weight is 373 g/mol. The predicted octanol–water partition coefficient (Wildman–Crippen LogP) is 2.00. The van der Waals surface area contributed by atoms with Crippen molar-refractivity contribution in [2.24, 2.45) is 0 Å². The number of hydrogen-bond donors (Lipinski definition) is 1. The number of nitrogens with zero attached hydrogens (tertiary/aromatic N) is 2. The largest absolute Gasteiger partial charge is 0.610 e. The number of nitrogens with one attached hydrogen (secondary N) is 1. The van der Waals surface area contributed by atoms with Crippen molar-refractivity contribution in [1.82, 2.24) is 14.9 Å². The molecule has 0 saturated carbocycles. The van der Waals surface area contributed by atoms with Crippen LogP contribution in [0.2, 0.25) is 0 Å². The number of fused-ring (bicyclic) bond motifs is 1. The maximum atomic E-state index is 12.3. The van der Waals surface area contributed by atoms with E-state index in [9.17, 15) is 13.6 Å². The van der Waals surface area contributed by atoms with Gasteiger partial charge in [-0.2, -0.15) is 5.10 Å². The lowest BCUT2D eigenvalue weighted by molar-refractivity contribution is 0.0931. The summed E-state index contributed by atoms with van der Waals surface area (Å²) in [5.74, 6) is -0.299. The van der Waals surface area contributed by atoms with E-state index in [2.05, 4.69) is 10.4 Å². The fraction of sp³-hybridized carbons (Fsp3) is 0.222. The number of methoxy groups -OCH3 is 1. The van der Waals surface area contributed by atoms with Crippen molar-refractivity contribution in [2.75, 3.05) is 26.5 Å². The lowest BCUT2D eigenvalue weighted by atomic mass is 10.1. The topological polar surface area (TPSA) is 95.8 Å². The zero-order valence-electron chi connectivity index (χ0n) is 14.5. The molecule has 0 saturated heterocycles. The molecular formula is C18H19N3O4S. The van der Waals surface area contributed by atoms with E-state index in [1.807, 2.05) is 12.1 Å². The van der Waals surface area contributed by atoms with Gasteiger partial charge in [-0.3, -0.25) is 4.79 Å². The minimum Gasteiger partial charge on any atom is -0.610 e. The molecule has 0 aliphatic heterocycles. The highest BCUT2D eigenvalue weighted by molar-refractivity contribution is 7.97. The molecule has 7 nitrogen and oxygen atoms in total. The highest BCUT2D eigenvalue weighted by atomic mass is 32.3. The van der Waals surface area contributed by atoms with Crippen LogP contribution >= 0.6 is 0 Å². The number of hydrogen-bond acceptors (Lipinski definition) is 5. The first-order valence-corrected chi connectivity index (χ1v) is 9.85. The van der Waals surface area contributed by atoms with E-state index >= 15 is 0 Å². The second kappa shape index (κ2) is 7.36. The quantitative estimate of drug-likeness (QED) is 0.527. The van der Waals surface area contributed by atoms with Crippen molar-refractivity contribution in [3.8, 4) is 11.1 Å². The second-order valence-electron chi connectivity index (χ2n) is 5.83. The summed E-state index contributed by atoms with van der Waals surface area (Å²) >= 11 is 0. The van der Waals surface area contributed by atoms with Gasteiger partial charge in [0.25, 0.3) is 5.91 Å². The lowest BCUT2D eigenvalue weighted by Crippen LogP contribution is -2.28. The van der Waals surface area contributed by atoms with Crippen LogP contribution < -0.4 is 5.32 Å². The molecule has 3 rings (SSSR count). The number of carbonyl (C=O) groups is 1. The standard InChI is InChI=1S/C18H19N3O4S/c1-25-11-9-19-18(22)16-12-15(17-4-3-10-21(17)20-16)13-5-7-14(8-6-13)26(2,23)24/h3-8,10,12H,9,11H2,1-2H3,(H-,19,22,23,24). The fourth-order valence-corrected chi connectivity index (χ4v) is 3.24. The Kier molecular flexibility index (Phi) is 5.17. The van der Waals surface area contributed by atoms with Gasteiger partial charge in [0, 0.05) is 25.4 Å². The molecule has 0 aliphatic rings. The third kappa shape index (κ3) is 3.82. The Hall–Kier alpha value is -2.55. The number of amides is 1. The molecule has 136 valence electrons. The van der Waals surface area contributed by atoms with Crippen LogP contribution in [-0.2, 0) is 19.2 Å². The summed E-state index contributed by atoms with van der Waals surface area (Å²) in [7, 11) is -1.70. The van der Waals surface area contributed by atoms with Crippen LogP contribution in [0, 0.1) is 0 Å². The molecule has 1 atom stereocenters. The Balaban J connectivity index is 2.01. The van der Waals surface area contributed by atoms with Gasteiger partial charge in [-0.15, -0.1) is 4.21 Å². The molecule has 26 heavy (non-hydrogen) atoms. The van der Waals surface area contributed by atoms with Crippen molar-refractivity contribution in [2.45, 2.75) is 4.90 Å². The van der Waals surface area contributed by atoms with E-state index in [-0.39, 0.29) is 16.5 Å². The fourth-order valence-electron chi connectivity index (χ4n) is 2.61. The summed E-state index contributed by atoms with van der Waals surface area (Å²) in [6.45, 7) is 0.802. The number of carbonyl (C=O) groups excluding carboxylic acids is 1. The number of aromatic nitrogens is 2. The molecular weight excluding hydrogens is 354 g/mol. The van der Waals surface area contributed by atoms with Crippen molar-refractivity contribution in [3.63, 3.8) is 0 Å². The zero-order valence-corrected chi connectivity index (χ0v) is 15.3. The Morgan fingerprint density at radius 2 is 2.04 bits per heavy atom. The lowest BCUT2D eigenvalue weighted by Gasteiger charge is -2.11. The molecule has 0 fully saturated rings. The molecule has 1 aromatic carbocycles. The van der Waals surface area contributed by atoms with Gasteiger partial charge in [-0.05, 0) is 48.0 Å². The minimum atomic E-state index is -3.26. The van der Waals surface area contributed by atoms with Crippen molar-refractivity contribution < 1.29 is 18.3 Å². The van der Waals surface area contributed by atoms with E-state index in [4.69, 9.17) is 4.74 Å². The second-order valence-corrected chi connectivity index (χ2v) is 7.84. The average Bonchev–Trinajstić information content (AvgIpc) is 3.09. The summed E-state index contributed by atoms with van der Waals surface area (Å²) in [5, 5.41) is 7.07. The van der Waals surface area contributed by atoms with Crippen LogP contribution in [-0.4, -0.2) is 46.6 Å². The van der Waals surface area contributed by atoms with Gasteiger partial charge in [0.1, 0.15) is 11.9 Å². The molecule has 1 N–H and O–H groups in total. The number of sulfone groups is 1. The maximum Gasteiger partial charge on any atom is 0.271 e. The molecule has 0 aliphatic carbocycles. The number of benzene rings is 1. The Morgan fingerprint density at radius 3 is 2.69 bits per heavy atom. The molecule has 2 heterocycles. The van der Waals surface area contributed by atoms with Gasteiger partial charge in [-0.25, -0.2) is 4.52 Å². The van der Waals surface area contributed by atoms with E-state index in [0.29, 0.717) is 13.2 Å². The SMILES string of the molecule is COCCNC(=O)c1cc(-c2ccc([S+](C)(=O)[O-])cc2)c2cccn2n1. The Labute approximate surface area is 152 Å². The van der Waals surface area contributed by atoms with Gasteiger partial charge in [0.05, 0.1) is 22.3 Å². The highest BCUT2D eigenvalue weighted by Crippen LogP contribution is 2.27. The Morgan fingerprint density at radius 1 is 1.31 bits per heavy atom. The van der Waals surface area contributed by atoms with Gasteiger partial charge >= 0.3 is 0 Å². The van der Waals surface area contributed by atoms with E-state index in [0.717, 1.165) is 16.6 Å². The maximum absolute atomic E-state index is 12.3. The molecule has 0 bridgehead atoms.